The van der Waals surface area contributed by atoms with Crippen molar-refractivity contribution < 1.29 is 4.79 Å². The Hall–Kier alpha value is -1.39. The fourth-order valence-electron chi connectivity index (χ4n) is 2.75. The lowest BCUT2D eigenvalue weighted by atomic mass is 10.1. The molecule has 1 unspecified atom stereocenters. The van der Waals surface area contributed by atoms with Gasteiger partial charge in [0.05, 0.1) is 6.54 Å². The zero-order valence-corrected chi connectivity index (χ0v) is 12.6. The maximum Gasteiger partial charge on any atom is 0.238 e. The number of hydrogen-bond acceptors (Lipinski definition) is 3. The lowest BCUT2D eigenvalue weighted by Crippen LogP contribution is -2.43. The molecule has 1 aromatic carbocycles. The zero-order valence-electron chi connectivity index (χ0n) is 12.6. The molecule has 1 amide bonds. The van der Waals surface area contributed by atoms with E-state index in [1.165, 1.54) is 12.8 Å². The third-order valence-corrected chi connectivity index (χ3v) is 4.11. The molecular weight excluding hydrogens is 250 g/mol. The molecule has 3 N–H and O–H groups in total. The molecule has 1 aliphatic rings. The second kappa shape index (κ2) is 6.37. The normalized spacial score (nSPS) is 16.2. The fourth-order valence-corrected chi connectivity index (χ4v) is 2.75. The Morgan fingerprint density at radius 1 is 1.40 bits per heavy atom. The standard InChI is InChI=1S/C16H25N3O/c1-11-5-4-6-12(2)16(11)18-15(20)10-19(3)14(9-17)13-7-8-13/h4-6,13-14H,7-10,17H2,1-3H3,(H,18,20). The number of aryl methyl sites for hydroxylation is 2. The first-order chi connectivity index (χ1) is 9.52. The van der Waals surface area contributed by atoms with Crippen molar-refractivity contribution in [3.05, 3.63) is 29.3 Å². The van der Waals surface area contributed by atoms with Gasteiger partial charge < -0.3 is 11.1 Å². The quantitative estimate of drug-likeness (QED) is 0.834. The minimum atomic E-state index is 0.0315. The third-order valence-electron chi connectivity index (χ3n) is 4.11. The van der Waals surface area contributed by atoms with E-state index in [0.29, 0.717) is 25.0 Å². The van der Waals surface area contributed by atoms with Crippen molar-refractivity contribution in [2.45, 2.75) is 32.7 Å². The summed E-state index contributed by atoms with van der Waals surface area (Å²) in [4.78, 5) is 14.3. The van der Waals surface area contributed by atoms with Gasteiger partial charge in [0.15, 0.2) is 0 Å². The lowest BCUT2D eigenvalue weighted by Gasteiger charge is -2.26. The van der Waals surface area contributed by atoms with Crippen molar-refractivity contribution in [3.63, 3.8) is 0 Å². The van der Waals surface area contributed by atoms with Gasteiger partial charge in [0.25, 0.3) is 0 Å². The smallest absolute Gasteiger partial charge is 0.238 e. The van der Waals surface area contributed by atoms with Crippen LogP contribution in [-0.4, -0.2) is 37.0 Å². The summed E-state index contributed by atoms with van der Waals surface area (Å²) in [6, 6.07) is 6.36. The second-order valence-corrected chi connectivity index (χ2v) is 5.87. The summed E-state index contributed by atoms with van der Waals surface area (Å²) >= 11 is 0. The van der Waals surface area contributed by atoms with E-state index in [4.69, 9.17) is 5.73 Å². The SMILES string of the molecule is Cc1cccc(C)c1NC(=O)CN(C)C(CN)C1CC1. The van der Waals surface area contributed by atoms with Gasteiger partial charge in [-0.25, -0.2) is 0 Å². The van der Waals surface area contributed by atoms with E-state index < -0.39 is 0 Å². The van der Waals surface area contributed by atoms with Crippen molar-refractivity contribution in [2.75, 3.05) is 25.5 Å². The molecule has 110 valence electrons. The number of likely N-dealkylation sites (N-methyl/N-ethyl adjacent to an activating group) is 1. The Morgan fingerprint density at radius 3 is 2.50 bits per heavy atom. The van der Waals surface area contributed by atoms with E-state index in [9.17, 15) is 4.79 Å². The predicted octanol–water partition coefficient (Wildman–Crippen LogP) is 1.91. The van der Waals surface area contributed by atoms with Crippen LogP contribution in [0, 0.1) is 19.8 Å². The summed E-state index contributed by atoms with van der Waals surface area (Å²) in [6.07, 6.45) is 2.48. The van der Waals surface area contributed by atoms with Crippen molar-refractivity contribution in [3.8, 4) is 0 Å². The lowest BCUT2D eigenvalue weighted by molar-refractivity contribution is -0.117. The summed E-state index contributed by atoms with van der Waals surface area (Å²) in [6.45, 7) is 5.04. The van der Waals surface area contributed by atoms with Crippen molar-refractivity contribution in [1.82, 2.24) is 4.90 Å². The van der Waals surface area contributed by atoms with Gasteiger partial charge in [-0.15, -0.1) is 0 Å². The molecule has 0 aromatic heterocycles. The number of para-hydroxylation sites is 1. The molecule has 0 saturated heterocycles. The zero-order chi connectivity index (χ0) is 14.7. The number of nitrogens with two attached hydrogens (primary N) is 1. The van der Waals surface area contributed by atoms with Crippen LogP contribution < -0.4 is 11.1 Å². The van der Waals surface area contributed by atoms with Gasteiger partial charge >= 0.3 is 0 Å². The van der Waals surface area contributed by atoms with Gasteiger partial charge in [-0.2, -0.15) is 0 Å². The van der Waals surface area contributed by atoms with Crippen LogP contribution in [0.5, 0.6) is 0 Å². The maximum atomic E-state index is 12.2. The molecule has 1 fully saturated rings. The number of carbonyl (C=O) groups excluding carboxylic acids is 1. The number of carbonyl (C=O) groups is 1. The van der Waals surface area contributed by atoms with Crippen molar-refractivity contribution in [2.24, 2.45) is 11.7 Å². The molecule has 0 bridgehead atoms. The van der Waals surface area contributed by atoms with E-state index >= 15 is 0 Å². The number of amides is 1. The third kappa shape index (κ3) is 3.58. The molecule has 2 rings (SSSR count). The van der Waals surface area contributed by atoms with E-state index in [2.05, 4.69) is 10.2 Å². The Morgan fingerprint density at radius 2 is 2.00 bits per heavy atom. The molecule has 4 heteroatoms. The Balaban J connectivity index is 1.95. The maximum absolute atomic E-state index is 12.2. The largest absolute Gasteiger partial charge is 0.329 e. The predicted molar refractivity (Wildman–Crippen MR) is 82.7 cm³/mol. The highest BCUT2D eigenvalue weighted by molar-refractivity contribution is 5.93. The summed E-state index contributed by atoms with van der Waals surface area (Å²) in [5.41, 5.74) is 8.94. The Bertz CT molecular complexity index is 462. The highest BCUT2D eigenvalue weighted by atomic mass is 16.2. The Kier molecular flexibility index (Phi) is 4.78. The molecule has 0 heterocycles. The number of nitrogens with zero attached hydrogens (tertiary/aromatic N) is 1. The van der Waals surface area contributed by atoms with Crippen molar-refractivity contribution in [1.29, 1.82) is 0 Å². The van der Waals surface area contributed by atoms with E-state index in [0.717, 1.165) is 16.8 Å². The van der Waals surface area contributed by atoms with E-state index in [1.807, 2.05) is 39.1 Å². The van der Waals surface area contributed by atoms with Crippen LogP contribution in [0.15, 0.2) is 18.2 Å². The van der Waals surface area contributed by atoms with Crippen LogP contribution >= 0.6 is 0 Å². The Labute approximate surface area is 121 Å². The molecular formula is C16H25N3O. The second-order valence-electron chi connectivity index (χ2n) is 5.87. The van der Waals surface area contributed by atoms with E-state index in [1.54, 1.807) is 0 Å². The fraction of sp³-hybridized carbons (Fsp3) is 0.562. The van der Waals surface area contributed by atoms with Gasteiger partial charge in [0.1, 0.15) is 0 Å². The number of nitrogens with one attached hydrogen (secondary N) is 1. The minimum Gasteiger partial charge on any atom is -0.329 e. The summed E-state index contributed by atoms with van der Waals surface area (Å²) < 4.78 is 0. The van der Waals surface area contributed by atoms with Crippen molar-refractivity contribution >= 4 is 11.6 Å². The molecule has 1 saturated carbocycles. The monoisotopic (exact) mass is 275 g/mol. The molecule has 0 spiro atoms. The number of hydrogen-bond donors (Lipinski definition) is 2. The molecule has 0 radical (unpaired) electrons. The van der Waals surface area contributed by atoms with Crippen LogP contribution in [0.25, 0.3) is 0 Å². The van der Waals surface area contributed by atoms with E-state index in [-0.39, 0.29) is 5.91 Å². The minimum absolute atomic E-state index is 0.0315. The average molecular weight is 275 g/mol. The van der Waals surface area contributed by atoms with Gasteiger partial charge in [0.2, 0.25) is 5.91 Å². The first-order valence-electron chi connectivity index (χ1n) is 7.29. The molecule has 1 aromatic rings. The molecule has 1 aliphatic carbocycles. The molecule has 0 aliphatic heterocycles. The molecule has 1 atom stereocenters. The van der Waals surface area contributed by atoms with Gasteiger partial charge in [-0.05, 0) is 50.8 Å². The highest BCUT2D eigenvalue weighted by Gasteiger charge is 2.33. The first-order valence-corrected chi connectivity index (χ1v) is 7.29. The number of anilines is 1. The number of benzene rings is 1. The van der Waals surface area contributed by atoms with Gasteiger partial charge in [-0.1, -0.05) is 18.2 Å². The van der Waals surface area contributed by atoms with Gasteiger partial charge in [0, 0.05) is 18.3 Å². The van der Waals surface area contributed by atoms with Crippen LogP contribution in [-0.2, 0) is 4.79 Å². The summed E-state index contributed by atoms with van der Waals surface area (Å²) in [5, 5.41) is 3.03. The van der Waals surface area contributed by atoms with Crippen LogP contribution in [0.2, 0.25) is 0 Å². The highest BCUT2D eigenvalue weighted by Crippen LogP contribution is 2.34. The first kappa shape index (κ1) is 15.0. The van der Waals surface area contributed by atoms with Crippen LogP contribution in [0.3, 0.4) is 0 Å². The average Bonchev–Trinajstić information content (AvgIpc) is 3.19. The topological polar surface area (TPSA) is 58.4 Å². The molecule has 4 nitrogen and oxygen atoms in total. The molecule has 20 heavy (non-hydrogen) atoms. The summed E-state index contributed by atoms with van der Waals surface area (Å²) in [5.74, 6) is 0.710. The van der Waals surface area contributed by atoms with Crippen LogP contribution in [0.4, 0.5) is 5.69 Å². The van der Waals surface area contributed by atoms with Gasteiger partial charge in [-0.3, -0.25) is 9.69 Å². The van der Waals surface area contributed by atoms with Crippen LogP contribution in [0.1, 0.15) is 24.0 Å². The summed E-state index contributed by atoms with van der Waals surface area (Å²) in [7, 11) is 1.99. The number of rotatable bonds is 6.